The summed E-state index contributed by atoms with van der Waals surface area (Å²) in [6.45, 7) is 2.73. The number of halogens is 2. The topological polar surface area (TPSA) is 20.2 Å². The van der Waals surface area contributed by atoms with E-state index in [4.69, 9.17) is 5.11 Å². The van der Waals surface area contributed by atoms with Crippen LogP contribution >= 0.6 is 0 Å². The minimum atomic E-state index is -2.10. The Hall–Kier alpha value is -0.440. The fourth-order valence-electron chi connectivity index (χ4n) is 0.183. The fraction of sp³-hybridized carbons (Fsp3) is 0.500. The van der Waals surface area contributed by atoms with Crippen molar-refractivity contribution >= 4 is 0 Å². The maximum Gasteiger partial charge on any atom is 0.202 e. The van der Waals surface area contributed by atoms with E-state index < -0.39 is 18.6 Å². The second-order valence-electron chi connectivity index (χ2n) is 1.16. The molecule has 0 aromatic heterocycles. The molecule has 0 spiro atoms. The Morgan fingerprint density at radius 2 is 2.29 bits per heavy atom. The monoisotopic (exact) mass is 108 g/mol. The number of aliphatic hydroxyl groups excluding tert-OH is 1. The van der Waals surface area contributed by atoms with Crippen LogP contribution in [0.2, 0.25) is 0 Å². The molecule has 0 radical (unpaired) electrons. The zero-order chi connectivity index (χ0) is 5.86. The van der Waals surface area contributed by atoms with Gasteiger partial charge in [-0.15, -0.1) is 0 Å². The molecule has 7 heavy (non-hydrogen) atoms. The van der Waals surface area contributed by atoms with Crippen molar-refractivity contribution in [3.63, 3.8) is 0 Å². The number of rotatable bonds is 2. The van der Waals surface area contributed by atoms with E-state index in [0.717, 1.165) is 0 Å². The molecule has 0 bridgehead atoms. The van der Waals surface area contributed by atoms with E-state index in [1.165, 1.54) is 0 Å². The van der Waals surface area contributed by atoms with Crippen LogP contribution in [-0.4, -0.2) is 11.5 Å². The van der Waals surface area contributed by atoms with Crippen molar-refractivity contribution in [3.05, 3.63) is 12.4 Å². The summed E-state index contributed by atoms with van der Waals surface area (Å²) in [7, 11) is 0. The van der Waals surface area contributed by atoms with Crippen molar-refractivity contribution in [3.8, 4) is 0 Å². The summed E-state index contributed by atoms with van der Waals surface area (Å²) < 4.78 is 22.6. The molecule has 0 aliphatic rings. The predicted molar refractivity (Wildman–Crippen MR) is 22.0 cm³/mol. The Labute approximate surface area is 40.3 Å². The SMILES string of the molecule is C=C(F)CC(O)F. The lowest BCUT2D eigenvalue weighted by molar-refractivity contribution is 0.0386. The van der Waals surface area contributed by atoms with Gasteiger partial charge in [0.05, 0.1) is 12.2 Å². The van der Waals surface area contributed by atoms with Crippen molar-refractivity contribution in [2.45, 2.75) is 12.8 Å². The van der Waals surface area contributed by atoms with Gasteiger partial charge in [0, 0.05) is 0 Å². The van der Waals surface area contributed by atoms with E-state index in [2.05, 4.69) is 6.58 Å². The van der Waals surface area contributed by atoms with E-state index in [9.17, 15) is 8.78 Å². The highest BCUT2D eigenvalue weighted by Gasteiger charge is 1.99. The molecule has 0 aromatic carbocycles. The van der Waals surface area contributed by atoms with E-state index in [0.29, 0.717) is 0 Å². The van der Waals surface area contributed by atoms with Crippen molar-refractivity contribution in [2.75, 3.05) is 0 Å². The van der Waals surface area contributed by atoms with E-state index in [-0.39, 0.29) is 0 Å². The van der Waals surface area contributed by atoms with Gasteiger partial charge in [-0.25, -0.2) is 8.78 Å². The van der Waals surface area contributed by atoms with Crippen LogP contribution in [0.15, 0.2) is 12.4 Å². The molecule has 0 amide bonds. The van der Waals surface area contributed by atoms with Gasteiger partial charge in [-0.1, -0.05) is 6.58 Å². The first-order valence-corrected chi connectivity index (χ1v) is 1.78. The standard InChI is InChI=1S/C4H6F2O/c1-3(5)2-4(6)7/h4,7H,1-2H2. The summed E-state index contributed by atoms with van der Waals surface area (Å²) >= 11 is 0. The molecule has 3 heteroatoms. The molecular weight excluding hydrogens is 102 g/mol. The van der Waals surface area contributed by atoms with Crippen LogP contribution in [0.25, 0.3) is 0 Å². The molecule has 1 nitrogen and oxygen atoms in total. The Morgan fingerprint density at radius 3 is 2.29 bits per heavy atom. The van der Waals surface area contributed by atoms with Crippen molar-refractivity contribution in [2.24, 2.45) is 0 Å². The molecule has 0 rings (SSSR count). The molecule has 1 unspecified atom stereocenters. The highest BCUT2D eigenvalue weighted by Crippen LogP contribution is 2.03. The van der Waals surface area contributed by atoms with Gasteiger partial charge in [0.2, 0.25) is 6.36 Å². The Balaban J connectivity index is 3.13. The highest BCUT2D eigenvalue weighted by molar-refractivity contribution is 4.79. The first-order chi connectivity index (χ1) is 3.13. The number of aliphatic hydroxyl groups is 1. The third kappa shape index (κ3) is 5.56. The van der Waals surface area contributed by atoms with Gasteiger partial charge in [-0.3, -0.25) is 0 Å². The molecule has 0 aliphatic carbocycles. The highest BCUT2D eigenvalue weighted by atomic mass is 19.2. The lowest BCUT2D eigenvalue weighted by atomic mass is 10.4. The summed E-state index contributed by atoms with van der Waals surface area (Å²) in [4.78, 5) is 0. The van der Waals surface area contributed by atoms with Crippen LogP contribution in [0.1, 0.15) is 6.42 Å². The zero-order valence-corrected chi connectivity index (χ0v) is 3.69. The molecular formula is C4H6F2O. The lowest BCUT2D eigenvalue weighted by Gasteiger charge is -1.92. The Kier molecular flexibility index (Phi) is 2.52. The van der Waals surface area contributed by atoms with Crippen molar-refractivity contribution < 1.29 is 13.9 Å². The summed E-state index contributed by atoms with van der Waals surface area (Å²) in [6.07, 6.45) is -2.71. The summed E-state index contributed by atoms with van der Waals surface area (Å²) in [5.74, 6) is -0.838. The number of hydrogen-bond donors (Lipinski definition) is 1. The summed E-state index contributed by atoms with van der Waals surface area (Å²) in [5, 5.41) is 7.76. The molecule has 0 heterocycles. The fourth-order valence-corrected chi connectivity index (χ4v) is 0.183. The van der Waals surface area contributed by atoms with Gasteiger partial charge < -0.3 is 5.11 Å². The Morgan fingerprint density at radius 1 is 1.86 bits per heavy atom. The molecule has 0 saturated carbocycles. The average Bonchev–Trinajstić information content (AvgIpc) is 1.27. The smallest absolute Gasteiger partial charge is 0.202 e. The molecule has 42 valence electrons. The van der Waals surface area contributed by atoms with Gasteiger partial charge in [-0.2, -0.15) is 0 Å². The second-order valence-corrected chi connectivity index (χ2v) is 1.16. The minimum absolute atomic E-state index is 0.611. The molecule has 0 aromatic rings. The predicted octanol–water partition coefficient (Wildman–Crippen LogP) is 1.15. The van der Waals surface area contributed by atoms with Gasteiger partial charge in [0.15, 0.2) is 0 Å². The lowest BCUT2D eigenvalue weighted by Crippen LogP contribution is -1.95. The maximum atomic E-state index is 11.4. The van der Waals surface area contributed by atoms with Crippen molar-refractivity contribution in [1.82, 2.24) is 0 Å². The third-order valence-corrected chi connectivity index (χ3v) is 0.390. The first kappa shape index (κ1) is 6.56. The average molecular weight is 108 g/mol. The summed E-state index contributed by atoms with van der Waals surface area (Å²) in [5.41, 5.74) is 0. The van der Waals surface area contributed by atoms with Gasteiger partial charge in [-0.05, 0) is 0 Å². The van der Waals surface area contributed by atoms with Crippen LogP contribution in [0.4, 0.5) is 8.78 Å². The van der Waals surface area contributed by atoms with Crippen LogP contribution in [0.3, 0.4) is 0 Å². The summed E-state index contributed by atoms with van der Waals surface area (Å²) in [6, 6.07) is 0. The second kappa shape index (κ2) is 2.69. The van der Waals surface area contributed by atoms with E-state index in [1.807, 2.05) is 0 Å². The van der Waals surface area contributed by atoms with Crippen LogP contribution in [0.5, 0.6) is 0 Å². The largest absolute Gasteiger partial charge is 0.364 e. The molecule has 1 atom stereocenters. The Bertz CT molecular complexity index is 70.1. The van der Waals surface area contributed by atoms with Gasteiger partial charge >= 0.3 is 0 Å². The number of hydrogen-bond acceptors (Lipinski definition) is 1. The van der Waals surface area contributed by atoms with Gasteiger partial charge in [0.1, 0.15) is 0 Å². The first-order valence-electron chi connectivity index (χ1n) is 1.78. The van der Waals surface area contributed by atoms with Crippen LogP contribution in [0, 0.1) is 0 Å². The zero-order valence-electron chi connectivity index (χ0n) is 3.69. The quantitative estimate of drug-likeness (QED) is 0.562. The molecule has 0 fully saturated rings. The van der Waals surface area contributed by atoms with E-state index in [1.54, 1.807) is 0 Å². The molecule has 0 saturated heterocycles. The third-order valence-electron chi connectivity index (χ3n) is 0.390. The van der Waals surface area contributed by atoms with Crippen LogP contribution in [-0.2, 0) is 0 Å². The maximum absolute atomic E-state index is 11.4. The van der Waals surface area contributed by atoms with Crippen LogP contribution < -0.4 is 0 Å². The molecule has 0 aliphatic heterocycles. The van der Waals surface area contributed by atoms with E-state index >= 15 is 0 Å². The van der Waals surface area contributed by atoms with Gasteiger partial charge in [0.25, 0.3) is 0 Å². The van der Waals surface area contributed by atoms with Crippen molar-refractivity contribution in [1.29, 1.82) is 0 Å². The minimum Gasteiger partial charge on any atom is -0.364 e. The number of alkyl halides is 1. The normalized spacial score (nSPS) is 13.6. The molecule has 1 N–H and O–H groups in total.